The molecule has 0 saturated carbocycles. The molecule has 1 fully saturated rings. The van der Waals surface area contributed by atoms with E-state index >= 15 is 0 Å². The molecular formula is C23H22ClNO8. The van der Waals surface area contributed by atoms with Gasteiger partial charge in [0.05, 0.1) is 32.8 Å². The number of phenolic OH excluding ortho intramolecular Hbond substituents is 1. The number of alkyl halides is 1. The molecule has 10 heteroatoms. The lowest BCUT2D eigenvalue weighted by Crippen LogP contribution is -2.43. The maximum Gasteiger partial charge on any atom is 0.310 e. The summed E-state index contributed by atoms with van der Waals surface area (Å²) in [6, 6.07) is 6.51. The molecule has 0 radical (unpaired) electrons. The quantitative estimate of drug-likeness (QED) is 0.501. The van der Waals surface area contributed by atoms with E-state index in [2.05, 4.69) is 5.32 Å². The minimum atomic E-state index is -0.600. The Morgan fingerprint density at radius 2 is 1.73 bits per heavy atom. The summed E-state index contributed by atoms with van der Waals surface area (Å²) < 4.78 is 27.3. The van der Waals surface area contributed by atoms with Crippen LogP contribution in [0.5, 0.6) is 28.7 Å². The van der Waals surface area contributed by atoms with Gasteiger partial charge in [-0.1, -0.05) is 0 Å². The van der Waals surface area contributed by atoms with Gasteiger partial charge in [-0.05, 0) is 41.0 Å². The van der Waals surface area contributed by atoms with Crippen LogP contribution in [-0.4, -0.2) is 50.5 Å². The summed E-state index contributed by atoms with van der Waals surface area (Å²) in [6.07, 6.45) is 0. The fraction of sp³-hybridized carbons (Fsp3) is 0.391. The smallest absolute Gasteiger partial charge is 0.310 e. The van der Waals surface area contributed by atoms with Gasteiger partial charge < -0.3 is 34.1 Å². The maximum atomic E-state index is 13.0. The Bertz CT molecular complexity index is 1110. The largest absolute Gasteiger partial charge is 0.502 e. The van der Waals surface area contributed by atoms with Gasteiger partial charge in [0.25, 0.3) is 0 Å². The highest BCUT2D eigenvalue weighted by Gasteiger charge is 2.53. The zero-order valence-electron chi connectivity index (χ0n) is 17.9. The Morgan fingerprint density at radius 3 is 2.33 bits per heavy atom. The third-order valence-corrected chi connectivity index (χ3v) is 6.73. The zero-order chi connectivity index (χ0) is 23.3. The number of halogens is 1. The van der Waals surface area contributed by atoms with Crippen LogP contribution < -0.4 is 24.3 Å². The first-order valence-corrected chi connectivity index (χ1v) is 10.9. The average Bonchev–Trinajstić information content (AvgIpc) is 3.44. The Balaban J connectivity index is 1.74. The van der Waals surface area contributed by atoms with Gasteiger partial charge in [-0.2, -0.15) is 0 Å². The molecule has 9 nitrogen and oxygen atoms in total. The van der Waals surface area contributed by atoms with Crippen LogP contribution in [0.25, 0.3) is 0 Å². The van der Waals surface area contributed by atoms with Crippen LogP contribution in [0.4, 0.5) is 0 Å². The van der Waals surface area contributed by atoms with Crippen molar-refractivity contribution in [1.29, 1.82) is 0 Å². The second kappa shape index (κ2) is 8.22. The summed E-state index contributed by atoms with van der Waals surface area (Å²) >= 11 is 5.76. The molecule has 33 heavy (non-hydrogen) atoms. The number of carbonyl (C=O) groups is 2. The Morgan fingerprint density at radius 1 is 1.09 bits per heavy atom. The highest BCUT2D eigenvalue weighted by atomic mass is 35.5. The molecule has 0 aromatic heterocycles. The molecule has 0 bridgehead atoms. The van der Waals surface area contributed by atoms with E-state index in [-0.39, 0.29) is 54.3 Å². The van der Waals surface area contributed by atoms with Crippen LogP contribution in [0.3, 0.4) is 0 Å². The molecule has 2 aromatic carbocycles. The van der Waals surface area contributed by atoms with Crippen molar-refractivity contribution in [3.63, 3.8) is 0 Å². The second-order valence-corrected chi connectivity index (χ2v) is 8.35. The number of benzene rings is 2. The molecule has 1 amide bonds. The monoisotopic (exact) mass is 475 g/mol. The number of fused-ring (bicyclic) bond motifs is 3. The molecule has 2 heterocycles. The van der Waals surface area contributed by atoms with Crippen LogP contribution in [-0.2, 0) is 14.3 Å². The Hall–Kier alpha value is -3.33. The summed E-state index contributed by atoms with van der Waals surface area (Å²) in [5.74, 6) is -0.946. The number of amides is 1. The predicted octanol–water partition coefficient (Wildman–Crippen LogP) is 2.47. The van der Waals surface area contributed by atoms with Gasteiger partial charge in [0.1, 0.15) is 5.88 Å². The van der Waals surface area contributed by atoms with Gasteiger partial charge in [0, 0.05) is 11.8 Å². The number of phenols is 1. The average molecular weight is 476 g/mol. The van der Waals surface area contributed by atoms with Gasteiger partial charge in [-0.25, -0.2) is 0 Å². The van der Waals surface area contributed by atoms with Crippen molar-refractivity contribution in [2.24, 2.45) is 11.8 Å². The van der Waals surface area contributed by atoms with Crippen LogP contribution in [0.15, 0.2) is 24.3 Å². The van der Waals surface area contributed by atoms with Crippen molar-refractivity contribution >= 4 is 23.5 Å². The highest BCUT2D eigenvalue weighted by Crippen LogP contribution is 2.55. The van der Waals surface area contributed by atoms with Crippen molar-refractivity contribution in [2.75, 3.05) is 33.5 Å². The molecule has 0 spiro atoms. The standard InChI is InChI=1S/C23H22ClNO8/c1-29-16-3-10(4-17(30-2)22(16)27)19-11-5-14-15(33-9-32-14)6-12(11)21(25-18(26)7-24)13-8-31-23(28)20(13)19/h3-6,13,19-21,27H,7-9H2,1-2H3,(H,25,26)/t13-,19+,20-,21+/m0/s1. The topological polar surface area (TPSA) is 113 Å². The number of rotatable bonds is 5. The van der Waals surface area contributed by atoms with Crippen molar-refractivity contribution in [3.05, 3.63) is 41.0 Å². The van der Waals surface area contributed by atoms with Gasteiger partial charge in [0.15, 0.2) is 23.0 Å². The summed E-state index contributed by atoms with van der Waals surface area (Å²) in [5, 5.41) is 13.3. The second-order valence-electron chi connectivity index (χ2n) is 8.08. The van der Waals surface area contributed by atoms with E-state index in [0.29, 0.717) is 17.1 Å². The van der Waals surface area contributed by atoms with E-state index in [1.165, 1.54) is 14.2 Å². The van der Waals surface area contributed by atoms with E-state index in [4.69, 9.17) is 35.3 Å². The molecule has 2 aliphatic heterocycles. The van der Waals surface area contributed by atoms with E-state index in [0.717, 1.165) is 11.1 Å². The number of cyclic esters (lactones) is 1. The summed E-state index contributed by atoms with van der Waals surface area (Å²) in [7, 11) is 2.88. The first-order valence-electron chi connectivity index (χ1n) is 10.4. The molecule has 174 valence electrons. The number of ether oxygens (including phenoxy) is 5. The number of methoxy groups -OCH3 is 2. The highest BCUT2D eigenvalue weighted by molar-refractivity contribution is 6.27. The lowest BCUT2D eigenvalue weighted by atomic mass is 9.65. The summed E-state index contributed by atoms with van der Waals surface area (Å²) in [4.78, 5) is 25.2. The van der Waals surface area contributed by atoms with Gasteiger partial charge in [0.2, 0.25) is 18.4 Å². The molecule has 0 unspecified atom stereocenters. The number of hydrogen-bond acceptors (Lipinski definition) is 8. The predicted molar refractivity (Wildman–Crippen MR) is 115 cm³/mol. The van der Waals surface area contributed by atoms with E-state index in [1.54, 1.807) is 12.1 Å². The SMILES string of the molecule is COc1cc([C@@H]2c3cc4c(cc3[C@@H](NC(=O)CCl)[C@H]3COC(=O)[C@H]23)OCO4)cc(OC)c1O. The zero-order valence-corrected chi connectivity index (χ0v) is 18.7. The molecule has 5 rings (SSSR count). The number of carbonyl (C=O) groups excluding carboxylic acids is 2. The van der Waals surface area contributed by atoms with Crippen LogP contribution in [0, 0.1) is 11.8 Å². The third-order valence-electron chi connectivity index (χ3n) is 6.49. The fourth-order valence-corrected chi connectivity index (χ4v) is 5.13. The van der Waals surface area contributed by atoms with Gasteiger partial charge >= 0.3 is 5.97 Å². The first-order chi connectivity index (χ1) is 16.0. The normalized spacial score (nSPS) is 24.5. The number of hydrogen-bond donors (Lipinski definition) is 2. The van der Waals surface area contributed by atoms with Crippen LogP contribution >= 0.6 is 11.6 Å². The molecular weight excluding hydrogens is 454 g/mol. The molecule has 2 aromatic rings. The summed E-state index contributed by atoms with van der Waals surface area (Å²) in [6.45, 7) is 0.227. The third kappa shape index (κ3) is 3.38. The molecule has 2 N–H and O–H groups in total. The van der Waals surface area contributed by atoms with Crippen molar-refractivity contribution in [1.82, 2.24) is 5.32 Å². The molecule has 1 aliphatic carbocycles. The van der Waals surface area contributed by atoms with Crippen molar-refractivity contribution < 1.29 is 38.4 Å². The Kier molecular flexibility index (Phi) is 5.36. The molecule has 4 atom stereocenters. The minimum absolute atomic E-state index is 0.0807. The van der Waals surface area contributed by atoms with Crippen LogP contribution in [0.1, 0.15) is 28.7 Å². The number of esters is 1. The maximum absolute atomic E-state index is 13.0. The minimum Gasteiger partial charge on any atom is -0.502 e. The molecule has 1 saturated heterocycles. The summed E-state index contributed by atoms with van der Waals surface area (Å²) in [5.41, 5.74) is 2.25. The number of aromatic hydroxyl groups is 1. The van der Waals surface area contributed by atoms with Crippen LogP contribution in [0.2, 0.25) is 0 Å². The van der Waals surface area contributed by atoms with Gasteiger partial charge in [-0.3, -0.25) is 9.59 Å². The van der Waals surface area contributed by atoms with E-state index in [9.17, 15) is 14.7 Å². The van der Waals surface area contributed by atoms with E-state index in [1.807, 2.05) is 12.1 Å². The Labute approximate surface area is 194 Å². The first kappa shape index (κ1) is 21.5. The fourth-order valence-electron chi connectivity index (χ4n) is 5.05. The van der Waals surface area contributed by atoms with Crippen molar-refractivity contribution in [3.8, 4) is 28.7 Å². The van der Waals surface area contributed by atoms with Crippen molar-refractivity contribution in [2.45, 2.75) is 12.0 Å². The lowest BCUT2D eigenvalue weighted by Gasteiger charge is -2.39. The lowest BCUT2D eigenvalue weighted by molar-refractivity contribution is -0.141. The number of nitrogens with one attached hydrogen (secondary N) is 1. The van der Waals surface area contributed by atoms with E-state index < -0.39 is 17.9 Å². The van der Waals surface area contributed by atoms with Gasteiger partial charge in [-0.15, -0.1) is 11.6 Å². The molecule has 3 aliphatic rings.